The molecule has 0 bridgehead atoms. The highest BCUT2D eigenvalue weighted by molar-refractivity contribution is 6.04. The summed E-state index contributed by atoms with van der Waals surface area (Å²) in [7, 11) is 0.981. The number of benzene rings is 1. The number of aldehydes is 2. The SMILES string of the molecule is COC(=O)c1c(O)c(C=O)c(O)c(C=O)c1O. The number of hydrogen-bond donors (Lipinski definition) is 3. The molecule has 0 aliphatic heterocycles. The van der Waals surface area contributed by atoms with Gasteiger partial charge >= 0.3 is 5.97 Å². The summed E-state index contributed by atoms with van der Waals surface area (Å²) >= 11 is 0. The van der Waals surface area contributed by atoms with E-state index in [1.807, 2.05) is 0 Å². The molecular weight excluding hydrogens is 232 g/mol. The fourth-order valence-electron chi connectivity index (χ4n) is 1.27. The van der Waals surface area contributed by atoms with Gasteiger partial charge in [0.2, 0.25) is 0 Å². The van der Waals surface area contributed by atoms with E-state index in [1.165, 1.54) is 0 Å². The molecule has 0 aromatic heterocycles. The first kappa shape index (κ1) is 12.5. The van der Waals surface area contributed by atoms with Crippen LogP contribution in [-0.2, 0) is 4.74 Å². The first-order valence-corrected chi connectivity index (χ1v) is 4.29. The Hall–Kier alpha value is -2.57. The molecule has 0 aliphatic rings. The van der Waals surface area contributed by atoms with E-state index >= 15 is 0 Å². The molecule has 1 rings (SSSR count). The average Bonchev–Trinajstić information content (AvgIpc) is 2.29. The monoisotopic (exact) mass is 240 g/mol. The van der Waals surface area contributed by atoms with Crippen molar-refractivity contribution in [1.82, 2.24) is 0 Å². The van der Waals surface area contributed by atoms with Gasteiger partial charge in [-0.15, -0.1) is 0 Å². The molecule has 90 valence electrons. The highest BCUT2D eigenvalue weighted by Crippen LogP contribution is 2.40. The van der Waals surface area contributed by atoms with Crippen molar-refractivity contribution >= 4 is 18.5 Å². The first-order chi connectivity index (χ1) is 7.99. The summed E-state index contributed by atoms with van der Waals surface area (Å²) in [5.41, 5.74) is -2.11. The Labute approximate surface area is 94.9 Å². The van der Waals surface area contributed by atoms with Gasteiger partial charge in [-0.2, -0.15) is 0 Å². The normalized spacial score (nSPS) is 9.71. The molecule has 0 aliphatic carbocycles. The molecule has 0 spiro atoms. The molecule has 1 aromatic rings. The Kier molecular flexibility index (Phi) is 3.32. The zero-order valence-corrected chi connectivity index (χ0v) is 8.63. The summed E-state index contributed by atoms with van der Waals surface area (Å²) in [6.07, 6.45) is 0.0904. The number of rotatable bonds is 3. The van der Waals surface area contributed by atoms with Gasteiger partial charge < -0.3 is 20.1 Å². The van der Waals surface area contributed by atoms with Crippen molar-refractivity contribution in [2.45, 2.75) is 0 Å². The van der Waals surface area contributed by atoms with E-state index in [2.05, 4.69) is 4.74 Å². The fourth-order valence-corrected chi connectivity index (χ4v) is 1.27. The second-order valence-electron chi connectivity index (χ2n) is 2.98. The predicted octanol–water partition coefficient (Wildman–Crippen LogP) is 0.215. The van der Waals surface area contributed by atoms with E-state index in [1.54, 1.807) is 0 Å². The van der Waals surface area contributed by atoms with Crippen LogP contribution < -0.4 is 0 Å². The van der Waals surface area contributed by atoms with Gasteiger partial charge in [-0.3, -0.25) is 9.59 Å². The van der Waals surface area contributed by atoms with Crippen molar-refractivity contribution in [1.29, 1.82) is 0 Å². The van der Waals surface area contributed by atoms with Gasteiger partial charge in [0.15, 0.2) is 12.6 Å². The van der Waals surface area contributed by atoms with Crippen LogP contribution >= 0.6 is 0 Å². The minimum absolute atomic E-state index is 0.0452. The van der Waals surface area contributed by atoms with Crippen LogP contribution in [0.4, 0.5) is 0 Å². The summed E-state index contributed by atoms with van der Waals surface area (Å²) < 4.78 is 4.26. The standard InChI is InChI=1S/C10H8O7/c1-17-10(16)6-8(14)4(2-11)7(13)5(3-12)9(6)15/h2-3,13-15H,1H3. The van der Waals surface area contributed by atoms with Crippen LogP contribution in [0.2, 0.25) is 0 Å². The molecule has 0 saturated carbocycles. The lowest BCUT2D eigenvalue weighted by Gasteiger charge is -2.11. The minimum Gasteiger partial charge on any atom is -0.506 e. The molecule has 0 atom stereocenters. The number of esters is 1. The van der Waals surface area contributed by atoms with Crippen molar-refractivity contribution < 1.29 is 34.4 Å². The molecule has 7 heteroatoms. The Balaban J connectivity index is 3.77. The molecule has 0 saturated heterocycles. The van der Waals surface area contributed by atoms with Gasteiger partial charge in [-0.1, -0.05) is 0 Å². The number of methoxy groups -OCH3 is 1. The zero-order valence-electron chi connectivity index (χ0n) is 8.63. The van der Waals surface area contributed by atoms with E-state index < -0.39 is 39.9 Å². The van der Waals surface area contributed by atoms with Crippen LogP contribution in [0.3, 0.4) is 0 Å². The van der Waals surface area contributed by atoms with Gasteiger partial charge in [0.1, 0.15) is 22.8 Å². The third-order valence-corrected chi connectivity index (χ3v) is 2.12. The Bertz CT molecular complexity index is 469. The van der Waals surface area contributed by atoms with Gasteiger partial charge in [0, 0.05) is 0 Å². The maximum absolute atomic E-state index is 11.2. The topological polar surface area (TPSA) is 121 Å². The Morgan fingerprint density at radius 1 is 1.00 bits per heavy atom. The third-order valence-electron chi connectivity index (χ3n) is 2.12. The van der Waals surface area contributed by atoms with Crippen molar-refractivity contribution in [3.8, 4) is 17.2 Å². The summed E-state index contributed by atoms with van der Waals surface area (Å²) in [5, 5.41) is 28.4. The van der Waals surface area contributed by atoms with Crippen molar-refractivity contribution in [2.24, 2.45) is 0 Å². The smallest absolute Gasteiger partial charge is 0.345 e. The molecule has 0 radical (unpaired) electrons. The number of carbonyl (C=O) groups excluding carboxylic acids is 3. The predicted molar refractivity (Wildman–Crippen MR) is 53.6 cm³/mol. The average molecular weight is 240 g/mol. The van der Waals surface area contributed by atoms with Gasteiger partial charge in [-0.05, 0) is 0 Å². The molecule has 3 N–H and O–H groups in total. The molecule has 17 heavy (non-hydrogen) atoms. The van der Waals surface area contributed by atoms with Crippen LogP contribution in [0, 0.1) is 0 Å². The Morgan fingerprint density at radius 2 is 1.41 bits per heavy atom. The fraction of sp³-hybridized carbons (Fsp3) is 0.100. The molecular formula is C10H8O7. The molecule has 0 unspecified atom stereocenters. The summed E-state index contributed by atoms with van der Waals surface area (Å²) in [5.74, 6) is -3.95. The number of phenolic OH excluding ortho intramolecular Hbond substituents is 3. The van der Waals surface area contributed by atoms with Gasteiger partial charge in [0.05, 0.1) is 18.2 Å². The van der Waals surface area contributed by atoms with Crippen molar-refractivity contribution in [3.63, 3.8) is 0 Å². The lowest BCUT2D eigenvalue weighted by atomic mass is 10.0. The van der Waals surface area contributed by atoms with Crippen LogP contribution in [-0.4, -0.2) is 41.0 Å². The lowest BCUT2D eigenvalue weighted by molar-refractivity contribution is 0.0594. The largest absolute Gasteiger partial charge is 0.506 e. The summed E-state index contributed by atoms with van der Waals surface area (Å²) in [4.78, 5) is 32.5. The second-order valence-corrected chi connectivity index (χ2v) is 2.98. The third kappa shape index (κ3) is 1.78. The Morgan fingerprint density at radius 3 is 1.71 bits per heavy atom. The van der Waals surface area contributed by atoms with Crippen molar-refractivity contribution in [2.75, 3.05) is 7.11 Å². The minimum atomic E-state index is -1.15. The van der Waals surface area contributed by atoms with E-state index in [-0.39, 0.29) is 12.6 Å². The van der Waals surface area contributed by atoms with E-state index in [9.17, 15) is 29.7 Å². The highest BCUT2D eigenvalue weighted by Gasteiger charge is 2.27. The van der Waals surface area contributed by atoms with Crippen LogP contribution in [0.1, 0.15) is 31.1 Å². The second kappa shape index (κ2) is 4.52. The number of carbonyl (C=O) groups is 3. The number of hydrogen-bond acceptors (Lipinski definition) is 7. The summed E-state index contributed by atoms with van der Waals surface area (Å²) in [6, 6.07) is 0. The summed E-state index contributed by atoms with van der Waals surface area (Å²) in [6.45, 7) is 0. The quantitative estimate of drug-likeness (QED) is 0.510. The maximum atomic E-state index is 11.2. The lowest BCUT2D eigenvalue weighted by Crippen LogP contribution is -2.06. The molecule has 0 fully saturated rings. The number of ether oxygens (including phenoxy) is 1. The molecule has 7 nitrogen and oxygen atoms in total. The highest BCUT2D eigenvalue weighted by atomic mass is 16.5. The number of phenols is 3. The zero-order chi connectivity index (χ0) is 13.2. The molecule has 0 heterocycles. The number of aromatic hydroxyl groups is 3. The van der Waals surface area contributed by atoms with E-state index in [0.29, 0.717) is 0 Å². The first-order valence-electron chi connectivity index (χ1n) is 4.29. The van der Waals surface area contributed by atoms with Crippen LogP contribution in [0.5, 0.6) is 17.2 Å². The van der Waals surface area contributed by atoms with Crippen LogP contribution in [0.25, 0.3) is 0 Å². The van der Waals surface area contributed by atoms with Gasteiger partial charge in [-0.25, -0.2) is 4.79 Å². The molecule has 1 aromatic carbocycles. The van der Waals surface area contributed by atoms with E-state index in [4.69, 9.17) is 0 Å². The van der Waals surface area contributed by atoms with Crippen LogP contribution in [0.15, 0.2) is 0 Å². The molecule has 0 amide bonds. The maximum Gasteiger partial charge on any atom is 0.345 e. The van der Waals surface area contributed by atoms with E-state index in [0.717, 1.165) is 7.11 Å². The van der Waals surface area contributed by atoms with Gasteiger partial charge in [0.25, 0.3) is 0 Å². The van der Waals surface area contributed by atoms with Crippen molar-refractivity contribution in [3.05, 3.63) is 16.7 Å².